The molecule has 6 rings (SSSR count). The number of fused-ring (bicyclic) bond motifs is 1. The summed E-state index contributed by atoms with van der Waals surface area (Å²) in [7, 11) is 0. The molecule has 1 saturated heterocycles. The summed E-state index contributed by atoms with van der Waals surface area (Å²) >= 11 is 0. The molecule has 2 saturated carbocycles. The molecule has 1 aliphatic heterocycles. The van der Waals surface area contributed by atoms with Crippen molar-refractivity contribution in [2.24, 2.45) is 5.41 Å². The highest BCUT2D eigenvalue weighted by Crippen LogP contribution is 2.50. The normalized spacial score (nSPS) is 21.0. The second kappa shape index (κ2) is 10.0. The molecule has 3 aromatic rings. The number of hydrogen-bond acceptors (Lipinski definition) is 6. The van der Waals surface area contributed by atoms with Gasteiger partial charge in [0, 0.05) is 43.4 Å². The molecule has 208 valence electrons. The van der Waals surface area contributed by atoms with Crippen LogP contribution in [0.1, 0.15) is 55.5 Å². The molecule has 0 unspecified atom stereocenters. The molecule has 9 heteroatoms. The summed E-state index contributed by atoms with van der Waals surface area (Å²) in [6.07, 6.45) is -0.148. The fourth-order valence-corrected chi connectivity index (χ4v) is 5.76. The van der Waals surface area contributed by atoms with E-state index >= 15 is 0 Å². The highest BCUT2D eigenvalue weighted by Gasteiger charge is 2.53. The Hall–Kier alpha value is -3.77. The Labute approximate surface area is 231 Å². The van der Waals surface area contributed by atoms with Crippen molar-refractivity contribution in [3.05, 3.63) is 54.3 Å². The molecule has 0 bridgehead atoms. The minimum atomic E-state index is -2.88. The van der Waals surface area contributed by atoms with Gasteiger partial charge in [0.25, 0.3) is 5.91 Å². The van der Waals surface area contributed by atoms with Gasteiger partial charge in [0.05, 0.1) is 30.2 Å². The van der Waals surface area contributed by atoms with E-state index in [9.17, 15) is 23.6 Å². The Morgan fingerprint density at radius 1 is 0.925 bits per heavy atom. The van der Waals surface area contributed by atoms with Gasteiger partial charge in [-0.2, -0.15) is 5.26 Å². The number of ketones is 1. The first-order valence-electron chi connectivity index (χ1n) is 13.8. The maximum Gasteiger partial charge on any atom is 0.287 e. The second-order valence-electron chi connectivity index (χ2n) is 11.4. The predicted molar refractivity (Wildman–Crippen MR) is 145 cm³/mol. The van der Waals surface area contributed by atoms with Gasteiger partial charge < -0.3 is 19.4 Å². The summed E-state index contributed by atoms with van der Waals surface area (Å²) in [4.78, 5) is 29.0. The zero-order valence-electron chi connectivity index (χ0n) is 22.2. The number of alkyl halides is 2. The Morgan fingerprint density at radius 2 is 1.60 bits per heavy atom. The third-order valence-electron chi connectivity index (χ3n) is 8.63. The Bertz CT molecular complexity index is 1470. The van der Waals surface area contributed by atoms with E-state index in [0.29, 0.717) is 18.4 Å². The number of nitriles is 1. The summed E-state index contributed by atoms with van der Waals surface area (Å²) < 4.78 is 39.4. The molecule has 0 atom stereocenters. The van der Waals surface area contributed by atoms with Gasteiger partial charge in [0.15, 0.2) is 11.5 Å². The number of carbonyl (C=O) groups is 2. The van der Waals surface area contributed by atoms with E-state index in [1.807, 2.05) is 30.3 Å². The second-order valence-corrected chi connectivity index (χ2v) is 11.4. The van der Waals surface area contributed by atoms with Crippen LogP contribution in [0.3, 0.4) is 0 Å². The first-order chi connectivity index (χ1) is 19.2. The van der Waals surface area contributed by atoms with Crippen molar-refractivity contribution in [3.8, 4) is 17.2 Å². The monoisotopic (exact) mass is 547 g/mol. The van der Waals surface area contributed by atoms with E-state index in [2.05, 4.69) is 28.4 Å². The van der Waals surface area contributed by atoms with Gasteiger partial charge in [-0.15, -0.1) is 0 Å². The Balaban J connectivity index is 1.21. The van der Waals surface area contributed by atoms with Gasteiger partial charge in [-0.1, -0.05) is 24.3 Å². The molecular weight excluding hydrogens is 516 g/mol. The smallest absolute Gasteiger partial charge is 0.287 e. The highest BCUT2D eigenvalue weighted by molar-refractivity contribution is 6.01. The van der Waals surface area contributed by atoms with Crippen LogP contribution in [0.5, 0.6) is 0 Å². The van der Waals surface area contributed by atoms with Crippen LogP contribution in [0.25, 0.3) is 22.1 Å². The molecule has 2 aliphatic carbocycles. The van der Waals surface area contributed by atoms with Gasteiger partial charge in [-0.05, 0) is 61.1 Å². The van der Waals surface area contributed by atoms with Crippen molar-refractivity contribution < 1.29 is 27.5 Å². The molecule has 1 amide bonds. The van der Waals surface area contributed by atoms with Crippen molar-refractivity contribution in [1.29, 1.82) is 5.26 Å². The maximum absolute atomic E-state index is 14.0. The number of anilines is 1. The SMILES string of the molecule is N#CC1(CC(=O)C2(NC(=O)c3cc4ccc(-c5ccc(N6CCOCC6)cc5)cc4o3)CCC(F)(F)CC2)CC1. The molecular formula is C31H31F2N3O4. The third kappa shape index (κ3) is 5.20. The van der Waals surface area contributed by atoms with Gasteiger partial charge in [-0.3, -0.25) is 9.59 Å². The molecule has 1 N–H and O–H groups in total. The average molecular weight is 548 g/mol. The maximum atomic E-state index is 14.0. The fraction of sp³-hybridized carbons (Fsp3) is 0.452. The van der Waals surface area contributed by atoms with Crippen LogP contribution in [0.15, 0.2) is 52.9 Å². The number of rotatable bonds is 7. The lowest BCUT2D eigenvalue weighted by Gasteiger charge is -2.39. The number of morpholine rings is 1. The van der Waals surface area contributed by atoms with Crippen molar-refractivity contribution >= 4 is 28.3 Å². The summed E-state index contributed by atoms with van der Waals surface area (Å²) in [5, 5.41) is 12.9. The molecule has 40 heavy (non-hydrogen) atoms. The average Bonchev–Trinajstić information content (AvgIpc) is 3.61. The van der Waals surface area contributed by atoms with E-state index < -0.39 is 35.6 Å². The highest BCUT2D eigenvalue weighted by atomic mass is 19.3. The summed E-state index contributed by atoms with van der Waals surface area (Å²) in [5.74, 6) is -3.83. The van der Waals surface area contributed by atoms with Gasteiger partial charge in [0.2, 0.25) is 5.92 Å². The number of furan rings is 1. The predicted octanol–water partition coefficient (Wildman–Crippen LogP) is 5.88. The number of halogens is 2. The molecule has 1 aromatic heterocycles. The van der Waals surface area contributed by atoms with E-state index in [0.717, 1.165) is 48.5 Å². The molecule has 7 nitrogen and oxygen atoms in total. The molecule has 0 spiro atoms. The Kier molecular flexibility index (Phi) is 6.62. The zero-order valence-corrected chi connectivity index (χ0v) is 22.2. The van der Waals surface area contributed by atoms with Crippen LogP contribution < -0.4 is 10.2 Å². The van der Waals surface area contributed by atoms with E-state index in [4.69, 9.17) is 9.15 Å². The lowest BCUT2D eigenvalue weighted by Crippen LogP contribution is -2.58. The number of hydrogen-bond donors (Lipinski definition) is 1. The van der Waals surface area contributed by atoms with Crippen molar-refractivity contribution in [3.63, 3.8) is 0 Å². The molecule has 2 aromatic carbocycles. The number of Topliss-reactive ketones (excluding diaryl/α,β-unsaturated/α-hetero) is 1. The molecule has 0 radical (unpaired) electrons. The van der Waals surface area contributed by atoms with Crippen molar-refractivity contribution in [2.75, 3.05) is 31.2 Å². The number of benzene rings is 2. The van der Waals surface area contributed by atoms with E-state index in [1.165, 1.54) is 0 Å². The summed E-state index contributed by atoms with van der Waals surface area (Å²) in [6.45, 7) is 3.15. The van der Waals surface area contributed by atoms with Crippen LogP contribution in [0, 0.1) is 16.7 Å². The van der Waals surface area contributed by atoms with Gasteiger partial charge in [0.1, 0.15) is 5.58 Å². The van der Waals surface area contributed by atoms with E-state index in [1.54, 1.807) is 6.07 Å². The zero-order chi connectivity index (χ0) is 28.0. The van der Waals surface area contributed by atoms with Crippen LogP contribution in [-0.2, 0) is 9.53 Å². The first kappa shape index (κ1) is 26.5. The molecule has 3 fully saturated rings. The number of carbonyl (C=O) groups excluding carboxylic acids is 2. The van der Waals surface area contributed by atoms with Gasteiger partial charge in [-0.25, -0.2) is 8.78 Å². The van der Waals surface area contributed by atoms with Crippen LogP contribution in [-0.4, -0.2) is 49.5 Å². The standard InChI is InChI=1S/C31H31F2N3O4/c32-31(33)11-9-30(10-12-31,27(37)19-29(20-34)7-8-29)35-28(38)26-18-23-2-1-22(17-25(23)40-26)21-3-5-24(6-4-21)36-13-15-39-16-14-36/h1-6,17-18H,7-16,19H2,(H,35,38). The summed E-state index contributed by atoms with van der Waals surface area (Å²) in [5.41, 5.74) is 1.41. The number of nitrogens with zero attached hydrogens (tertiary/aromatic N) is 2. The number of ether oxygens (including phenoxy) is 1. The lowest BCUT2D eigenvalue weighted by atomic mass is 9.74. The van der Waals surface area contributed by atoms with Crippen LogP contribution in [0.2, 0.25) is 0 Å². The van der Waals surface area contributed by atoms with Crippen molar-refractivity contribution in [2.45, 2.75) is 56.4 Å². The lowest BCUT2D eigenvalue weighted by molar-refractivity contribution is -0.131. The number of amides is 1. The minimum Gasteiger partial charge on any atom is -0.451 e. The van der Waals surface area contributed by atoms with Crippen molar-refractivity contribution in [1.82, 2.24) is 5.32 Å². The topological polar surface area (TPSA) is 95.6 Å². The summed E-state index contributed by atoms with van der Waals surface area (Å²) in [6, 6.07) is 17.7. The Morgan fingerprint density at radius 3 is 2.25 bits per heavy atom. The largest absolute Gasteiger partial charge is 0.451 e. The molecule has 2 heterocycles. The van der Waals surface area contributed by atoms with Crippen LogP contribution >= 0.6 is 0 Å². The minimum absolute atomic E-state index is 0.0146. The quantitative estimate of drug-likeness (QED) is 0.397. The number of nitrogens with one attached hydrogen (secondary N) is 1. The first-order valence-corrected chi connectivity index (χ1v) is 13.8. The molecule has 3 aliphatic rings. The van der Waals surface area contributed by atoms with E-state index in [-0.39, 0.29) is 30.8 Å². The van der Waals surface area contributed by atoms with Crippen LogP contribution in [0.4, 0.5) is 14.5 Å². The third-order valence-corrected chi connectivity index (χ3v) is 8.63. The van der Waals surface area contributed by atoms with Gasteiger partial charge >= 0.3 is 0 Å². The fourth-order valence-electron chi connectivity index (χ4n) is 5.76.